The van der Waals surface area contributed by atoms with E-state index in [1.807, 2.05) is 24.6 Å². The molecule has 1 saturated heterocycles. The molecule has 0 spiro atoms. The van der Waals surface area contributed by atoms with Crippen molar-refractivity contribution in [3.63, 3.8) is 0 Å². The Morgan fingerprint density at radius 1 is 1.12 bits per heavy atom. The smallest absolute Gasteiger partial charge is 0.194 e. The van der Waals surface area contributed by atoms with Gasteiger partial charge in [-0.15, -0.1) is 34.2 Å². The van der Waals surface area contributed by atoms with Gasteiger partial charge >= 0.3 is 0 Å². The first-order valence-corrected chi connectivity index (χ1v) is 11.7. The third kappa shape index (κ3) is 6.91. The van der Waals surface area contributed by atoms with Crippen LogP contribution in [0.4, 0.5) is 0 Å². The topological polar surface area (TPSA) is 67.6 Å². The minimum absolute atomic E-state index is 0. The van der Waals surface area contributed by atoms with E-state index >= 15 is 0 Å². The van der Waals surface area contributed by atoms with Crippen LogP contribution < -0.4 is 5.32 Å². The molecule has 2 fully saturated rings. The number of benzene rings is 1. The molecule has 1 aliphatic heterocycles. The number of ether oxygens (including phenoxy) is 1. The zero-order chi connectivity index (χ0) is 21.5. The van der Waals surface area contributed by atoms with E-state index in [0.29, 0.717) is 25.1 Å². The van der Waals surface area contributed by atoms with Crippen molar-refractivity contribution < 1.29 is 4.74 Å². The molecular formula is C24H37IN6O. The van der Waals surface area contributed by atoms with Gasteiger partial charge in [-0.2, -0.15) is 0 Å². The van der Waals surface area contributed by atoms with Crippen LogP contribution in [0.15, 0.2) is 35.3 Å². The summed E-state index contributed by atoms with van der Waals surface area (Å²) in [6.45, 7) is 6.02. The van der Waals surface area contributed by atoms with E-state index in [4.69, 9.17) is 9.73 Å². The van der Waals surface area contributed by atoms with Crippen molar-refractivity contribution in [1.29, 1.82) is 0 Å². The lowest BCUT2D eigenvalue weighted by molar-refractivity contribution is 0.0906. The molecule has 32 heavy (non-hydrogen) atoms. The molecule has 0 bridgehead atoms. The third-order valence-corrected chi connectivity index (χ3v) is 6.54. The minimum Gasteiger partial charge on any atom is -0.376 e. The van der Waals surface area contributed by atoms with Gasteiger partial charge in [0.25, 0.3) is 0 Å². The maximum atomic E-state index is 6.02. The van der Waals surface area contributed by atoms with E-state index in [2.05, 4.69) is 44.7 Å². The van der Waals surface area contributed by atoms with Crippen LogP contribution in [0.3, 0.4) is 0 Å². The van der Waals surface area contributed by atoms with Crippen LogP contribution in [0, 0.1) is 12.8 Å². The van der Waals surface area contributed by atoms with Gasteiger partial charge in [-0.05, 0) is 31.7 Å². The Morgan fingerprint density at radius 3 is 2.62 bits per heavy atom. The normalized spacial score (nSPS) is 19.8. The molecule has 2 aromatic rings. The summed E-state index contributed by atoms with van der Waals surface area (Å²) in [6.07, 6.45) is 7.59. The molecule has 2 aliphatic rings. The standard InChI is InChI=1S/C24H36N6O.HI/c1-19-27-28-23(29(19)2)15-25-24(26-22-11-7-4-8-12-22)30-14-13-21(16-30)18-31-17-20-9-5-3-6-10-20;/h3,5-6,9-10,21-22H,4,7-8,11-18H2,1-2H3,(H,25,26);1H. The summed E-state index contributed by atoms with van der Waals surface area (Å²) >= 11 is 0. The van der Waals surface area contributed by atoms with Crippen LogP contribution in [0.2, 0.25) is 0 Å². The van der Waals surface area contributed by atoms with Crippen molar-refractivity contribution >= 4 is 29.9 Å². The molecule has 1 aromatic carbocycles. The van der Waals surface area contributed by atoms with Gasteiger partial charge < -0.3 is 19.5 Å². The molecule has 1 saturated carbocycles. The van der Waals surface area contributed by atoms with Gasteiger partial charge in [0.1, 0.15) is 12.4 Å². The summed E-state index contributed by atoms with van der Waals surface area (Å²) < 4.78 is 8.04. The van der Waals surface area contributed by atoms with Crippen LogP contribution in [0.25, 0.3) is 0 Å². The van der Waals surface area contributed by atoms with E-state index in [1.165, 1.54) is 37.7 Å². The zero-order valence-electron chi connectivity index (χ0n) is 19.4. The number of nitrogens with one attached hydrogen (secondary N) is 1. The number of hydrogen-bond donors (Lipinski definition) is 1. The fourth-order valence-electron chi connectivity index (χ4n) is 4.48. The Labute approximate surface area is 209 Å². The second kappa shape index (κ2) is 12.5. The van der Waals surface area contributed by atoms with Crippen LogP contribution in [0.5, 0.6) is 0 Å². The Balaban J connectivity index is 0.00000289. The SMILES string of the molecule is Cc1nnc(CN=C(NC2CCCCC2)N2CCC(COCc3ccccc3)C2)n1C.I. The zero-order valence-corrected chi connectivity index (χ0v) is 21.7. The van der Waals surface area contributed by atoms with Crippen LogP contribution in [-0.2, 0) is 24.9 Å². The fraction of sp³-hybridized carbons (Fsp3) is 0.625. The summed E-state index contributed by atoms with van der Waals surface area (Å²) in [7, 11) is 2.00. The van der Waals surface area contributed by atoms with Gasteiger partial charge in [-0.1, -0.05) is 49.6 Å². The molecule has 4 rings (SSSR count). The largest absolute Gasteiger partial charge is 0.376 e. The first kappa shape index (κ1) is 25.0. The lowest BCUT2D eigenvalue weighted by Crippen LogP contribution is -2.46. The first-order valence-electron chi connectivity index (χ1n) is 11.7. The van der Waals surface area contributed by atoms with Gasteiger partial charge in [0, 0.05) is 32.1 Å². The second-order valence-electron chi connectivity index (χ2n) is 8.94. The number of aryl methyl sites for hydroxylation is 1. The summed E-state index contributed by atoms with van der Waals surface area (Å²) in [6, 6.07) is 10.9. The molecule has 1 N–H and O–H groups in total. The lowest BCUT2D eigenvalue weighted by atomic mass is 9.96. The number of aromatic nitrogens is 3. The highest BCUT2D eigenvalue weighted by Gasteiger charge is 2.27. The maximum Gasteiger partial charge on any atom is 0.194 e. The van der Waals surface area contributed by atoms with Crippen molar-refractivity contribution in [2.75, 3.05) is 19.7 Å². The van der Waals surface area contributed by atoms with Crippen molar-refractivity contribution in [3.8, 4) is 0 Å². The van der Waals surface area contributed by atoms with Gasteiger partial charge in [0.05, 0.1) is 13.2 Å². The minimum atomic E-state index is 0. The van der Waals surface area contributed by atoms with Gasteiger partial charge in [0.2, 0.25) is 0 Å². The first-order chi connectivity index (χ1) is 15.2. The number of likely N-dealkylation sites (tertiary alicyclic amines) is 1. The molecule has 8 heteroatoms. The molecule has 176 valence electrons. The van der Waals surface area contributed by atoms with E-state index in [0.717, 1.165) is 43.7 Å². The highest BCUT2D eigenvalue weighted by atomic mass is 127. The Morgan fingerprint density at radius 2 is 1.91 bits per heavy atom. The van der Waals surface area contributed by atoms with E-state index in [-0.39, 0.29) is 24.0 Å². The molecule has 7 nitrogen and oxygen atoms in total. The van der Waals surface area contributed by atoms with Gasteiger partial charge in [0.15, 0.2) is 11.8 Å². The van der Waals surface area contributed by atoms with E-state index in [9.17, 15) is 0 Å². The number of hydrogen-bond acceptors (Lipinski definition) is 4. The third-order valence-electron chi connectivity index (χ3n) is 6.54. The number of guanidine groups is 1. The predicted molar refractivity (Wildman–Crippen MR) is 138 cm³/mol. The number of nitrogens with zero attached hydrogens (tertiary/aromatic N) is 5. The fourth-order valence-corrected chi connectivity index (χ4v) is 4.48. The lowest BCUT2D eigenvalue weighted by Gasteiger charge is -2.29. The van der Waals surface area contributed by atoms with Crippen molar-refractivity contribution in [2.45, 2.75) is 64.6 Å². The van der Waals surface area contributed by atoms with Gasteiger partial charge in [-0.3, -0.25) is 0 Å². The van der Waals surface area contributed by atoms with Gasteiger partial charge in [-0.25, -0.2) is 4.99 Å². The van der Waals surface area contributed by atoms with Crippen molar-refractivity contribution in [1.82, 2.24) is 25.0 Å². The monoisotopic (exact) mass is 552 g/mol. The van der Waals surface area contributed by atoms with Crippen LogP contribution >= 0.6 is 24.0 Å². The molecule has 1 aromatic heterocycles. The molecule has 1 atom stereocenters. The van der Waals surface area contributed by atoms with Crippen molar-refractivity contribution in [2.24, 2.45) is 18.0 Å². The molecule has 2 heterocycles. The summed E-state index contributed by atoms with van der Waals surface area (Å²) in [4.78, 5) is 7.38. The molecule has 0 amide bonds. The molecular weight excluding hydrogens is 515 g/mol. The second-order valence-corrected chi connectivity index (χ2v) is 8.94. The van der Waals surface area contributed by atoms with E-state index in [1.54, 1.807) is 0 Å². The van der Waals surface area contributed by atoms with Crippen LogP contribution in [0.1, 0.15) is 55.7 Å². The molecule has 1 unspecified atom stereocenters. The Kier molecular flexibility index (Phi) is 9.77. The molecule has 1 aliphatic carbocycles. The Bertz CT molecular complexity index is 849. The average molecular weight is 553 g/mol. The maximum absolute atomic E-state index is 6.02. The van der Waals surface area contributed by atoms with Crippen molar-refractivity contribution in [3.05, 3.63) is 47.5 Å². The van der Waals surface area contributed by atoms with E-state index < -0.39 is 0 Å². The molecule has 0 radical (unpaired) electrons. The number of halogens is 1. The predicted octanol–water partition coefficient (Wildman–Crippen LogP) is 4.06. The highest BCUT2D eigenvalue weighted by molar-refractivity contribution is 14.0. The summed E-state index contributed by atoms with van der Waals surface area (Å²) in [5.74, 6) is 3.39. The average Bonchev–Trinajstić information content (AvgIpc) is 3.40. The number of rotatable bonds is 7. The number of aliphatic imine (C=N–C) groups is 1. The summed E-state index contributed by atoms with van der Waals surface area (Å²) in [5, 5.41) is 12.2. The Hall–Kier alpha value is -1.68. The quantitative estimate of drug-likeness (QED) is 0.319. The summed E-state index contributed by atoms with van der Waals surface area (Å²) in [5.41, 5.74) is 1.23. The van der Waals surface area contributed by atoms with Crippen LogP contribution in [-0.4, -0.2) is 51.4 Å². The highest BCUT2D eigenvalue weighted by Crippen LogP contribution is 2.21.